The Morgan fingerprint density at radius 2 is 1.82 bits per heavy atom. The Kier molecular flexibility index (Phi) is 8.68. The first kappa shape index (κ1) is 26.1. The zero-order valence-electron chi connectivity index (χ0n) is 19.7. The quantitative estimate of drug-likeness (QED) is 0.164. The van der Waals surface area contributed by atoms with Gasteiger partial charge < -0.3 is 14.2 Å². The number of hydrogen-bond donors (Lipinski definition) is 0. The van der Waals surface area contributed by atoms with Gasteiger partial charge in [-0.25, -0.2) is 0 Å². The van der Waals surface area contributed by atoms with Gasteiger partial charge in [0.1, 0.15) is 23.3 Å². The second-order valence-electron chi connectivity index (χ2n) is 8.59. The molecule has 1 aliphatic rings. The molecular formula is C26H28ClNO4S2. The number of halogens is 1. The van der Waals surface area contributed by atoms with E-state index in [1.807, 2.05) is 12.1 Å². The number of nitrogens with zero attached hydrogens (tertiary/aromatic N) is 1. The molecule has 2 aromatic carbocycles. The van der Waals surface area contributed by atoms with Crippen LogP contribution in [0.25, 0.3) is 6.08 Å². The highest BCUT2D eigenvalue weighted by Crippen LogP contribution is 2.39. The van der Waals surface area contributed by atoms with Crippen LogP contribution < -0.4 is 14.2 Å². The van der Waals surface area contributed by atoms with E-state index in [1.165, 1.54) is 22.2 Å². The molecule has 0 radical (unpaired) electrons. The molecule has 0 aliphatic carbocycles. The molecule has 0 N–H and O–H groups in total. The molecule has 2 aromatic rings. The van der Waals surface area contributed by atoms with Crippen LogP contribution in [-0.4, -0.2) is 42.0 Å². The molecule has 1 aliphatic heterocycles. The van der Waals surface area contributed by atoms with Gasteiger partial charge in [0, 0.05) is 6.54 Å². The van der Waals surface area contributed by atoms with Crippen LogP contribution in [0.5, 0.6) is 17.2 Å². The number of methoxy groups -OCH3 is 1. The average molecular weight is 518 g/mol. The first-order valence-corrected chi connectivity index (χ1v) is 12.3. The van der Waals surface area contributed by atoms with Gasteiger partial charge in [0.2, 0.25) is 0 Å². The number of carbonyl (C=O) groups is 1. The number of carbonyl (C=O) groups excluding carboxylic acids is 1. The Morgan fingerprint density at radius 1 is 1.15 bits per heavy atom. The average Bonchev–Trinajstić information content (AvgIpc) is 3.04. The molecule has 0 unspecified atom stereocenters. The van der Waals surface area contributed by atoms with E-state index in [2.05, 4.69) is 39.5 Å². The van der Waals surface area contributed by atoms with Crippen LogP contribution in [0.2, 0.25) is 5.02 Å². The largest absolute Gasteiger partial charge is 0.493 e. The monoisotopic (exact) mass is 517 g/mol. The second-order valence-corrected chi connectivity index (χ2v) is 10.7. The molecule has 0 bridgehead atoms. The minimum atomic E-state index is -0.155. The SMILES string of the molecule is C=CCN1C(=O)C(=Cc2cc(Cl)c(OCCOc3ccc(C(C)(C)C)cc3)c(OC)c2)SC1=S. The summed E-state index contributed by atoms with van der Waals surface area (Å²) in [7, 11) is 1.54. The van der Waals surface area contributed by atoms with Crippen molar-refractivity contribution in [2.24, 2.45) is 0 Å². The molecular weight excluding hydrogens is 490 g/mol. The molecule has 0 aromatic heterocycles. The van der Waals surface area contributed by atoms with E-state index < -0.39 is 0 Å². The zero-order valence-corrected chi connectivity index (χ0v) is 22.1. The topological polar surface area (TPSA) is 48.0 Å². The van der Waals surface area contributed by atoms with Gasteiger partial charge in [0.05, 0.1) is 17.0 Å². The normalized spacial score (nSPS) is 15.1. The Balaban J connectivity index is 1.64. The van der Waals surface area contributed by atoms with Gasteiger partial charge in [-0.1, -0.05) is 74.6 Å². The highest BCUT2D eigenvalue weighted by Gasteiger charge is 2.31. The molecule has 8 heteroatoms. The van der Waals surface area contributed by atoms with E-state index in [4.69, 9.17) is 38.0 Å². The lowest BCUT2D eigenvalue weighted by molar-refractivity contribution is -0.121. The van der Waals surface area contributed by atoms with E-state index >= 15 is 0 Å². The molecule has 5 nitrogen and oxygen atoms in total. The molecule has 1 fully saturated rings. The number of ether oxygens (including phenoxy) is 3. The van der Waals surface area contributed by atoms with Gasteiger partial charge in [-0.3, -0.25) is 9.69 Å². The molecule has 1 heterocycles. The van der Waals surface area contributed by atoms with Crippen LogP contribution in [0.4, 0.5) is 0 Å². The molecule has 0 saturated carbocycles. The summed E-state index contributed by atoms with van der Waals surface area (Å²) in [5.41, 5.74) is 2.05. The smallest absolute Gasteiger partial charge is 0.266 e. The fourth-order valence-corrected chi connectivity index (χ4v) is 4.80. The zero-order chi connectivity index (χ0) is 24.9. The van der Waals surface area contributed by atoms with Gasteiger partial charge in [-0.05, 0) is 46.9 Å². The summed E-state index contributed by atoms with van der Waals surface area (Å²) in [5, 5.41) is 0.377. The van der Waals surface area contributed by atoms with E-state index in [0.29, 0.717) is 44.5 Å². The third-order valence-electron chi connectivity index (χ3n) is 5.05. The summed E-state index contributed by atoms with van der Waals surface area (Å²) in [6.45, 7) is 11.2. The molecule has 3 rings (SSSR count). The summed E-state index contributed by atoms with van der Waals surface area (Å²) in [6.07, 6.45) is 3.38. The minimum absolute atomic E-state index is 0.0949. The first-order valence-electron chi connectivity index (χ1n) is 10.7. The number of hydrogen-bond acceptors (Lipinski definition) is 6. The van der Waals surface area contributed by atoms with Gasteiger partial charge >= 0.3 is 0 Å². The molecule has 0 spiro atoms. The van der Waals surface area contributed by atoms with E-state index in [-0.39, 0.29) is 17.9 Å². The number of thiocarbonyl (C=S) groups is 1. The van der Waals surface area contributed by atoms with Crippen LogP contribution >= 0.6 is 35.6 Å². The van der Waals surface area contributed by atoms with Crippen molar-refractivity contribution in [2.75, 3.05) is 26.9 Å². The second kappa shape index (κ2) is 11.3. The van der Waals surface area contributed by atoms with Gasteiger partial charge in [-0.15, -0.1) is 6.58 Å². The van der Waals surface area contributed by atoms with Crippen molar-refractivity contribution in [2.45, 2.75) is 26.2 Å². The highest BCUT2D eigenvalue weighted by atomic mass is 35.5. The van der Waals surface area contributed by atoms with Crippen molar-refractivity contribution in [1.82, 2.24) is 4.90 Å². The number of rotatable bonds is 9. The van der Waals surface area contributed by atoms with Gasteiger partial charge in [0.15, 0.2) is 11.5 Å². The van der Waals surface area contributed by atoms with Crippen LogP contribution in [-0.2, 0) is 10.2 Å². The standard InChI is InChI=1S/C26H28ClNO4S2/c1-6-11-28-24(29)22(34-25(28)33)16-17-14-20(27)23(21(15-17)30-5)32-13-12-31-19-9-7-18(8-10-19)26(2,3)4/h6-10,14-16H,1,11-13H2,2-5H3. The van der Waals surface area contributed by atoms with Crippen molar-refractivity contribution < 1.29 is 19.0 Å². The highest BCUT2D eigenvalue weighted by molar-refractivity contribution is 8.26. The molecule has 0 atom stereocenters. The Hall–Kier alpha value is -2.48. The van der Waals surface area contributed by atoms with Crippen LogP contribution in [0.15, 0.2) is 54.0 Å². The minimum Gasteiger partial charge on any atom is -0.493 e. The lowest BCUT2D eigenvalue weighted by Crippen LogP contribution is -2.27. The van der Waals surface area contributed by atoms with Crippen molar-refractivity contribution in [3.63, 3.8) is 0 Å². The lowest BCUT2D eigenvalue weighted by Gasteiger charge is -2.19. The Morgan fingerprint density at radius 3 is 2.44 bits per heavy atom. The van der Waals surface area contributed by atoms with Crippen molar-refractivity contribution in [3.05, 3.63) is 70.1 Å². The fourth-order valence-electron chi connectivity index (χ4n) is 3.26. The molecule has 34 heavy (non-hydrogen) atoms. The number of thioether (sulfide) groups is 1. The molecule has 1 amide bonds. The Labute approximate surface area is 215 Å². The summed E-state index contributed by atoms with van der Waals surface area (Å²) in [5.74, 6) is 1.51. The molecule has 1 saturated heterocycles. The third kappa shape index (κ3) is 6.34. The van der Waals surface area contributed by atoms with Crippen LogP contribution in [0.3, 0.4) is 0 Å². The van der Waals surface area contributed by atoms with Crippen molar-refractivity contribution in [3.8, 4) is 17.2 Å². The summed E-state index contributed by atoms with van der Waals surface area (Å²) in [6, 6.07) is 11.6. The van der Waals surface area contributed by atoms with Crippen molar-refractivity contribution in [1.29, 1.82) is 0 Å². The summed E-state index contributed by atoms with van der Waals surface area (Å²) >= 11 is 13.0. The first-order chi connectivity index (χ1) is 16.1. The maximum absolute atomic E-state index is 12.6. The lowest BCUT2D eigenvalue weighted by atomic mass is 9.87. The third-order valence-corrected chi connectivity index (χ3v) is 6.71. The van der Waals surface area contributed by atoms with Gasteiger partial charge in [-0.2, -0.15) is 0 Å². The maximum Gasteiger partial charge on any atom is 0.266 e. The predicted molar refractivity (Wildman–Crippen MR) is 144 cm³/mol. The number of benzene rings is 2. The van der Waals surface area contributed by atoms with Crippen LogP contribution in [0, 0.1) is 0 Å². The maximum atomic E-state index is 12.6. The van der Waals surface area contributed by atoms with Crippen molar-refractivity contribution >= 4 is 51.9 Å². The summed E-state index contributed by atoms with van der Waals surface area (Å²) < 4.78 is 17.6. The van der Waals surface area contributed by atoms with Crippen LogP contribution in [0.1, 0.15) is 31.9 Å². The summed E-state index contributed by atoms with van der Waals surface area (Å²) in [4.78, 5) is 14.6. The van der Waals surface area contributed by atoms with E-state index in [0.717, 1.165) is 5.75 Å². The Bertz CT molecular complexity index is 1110. The number of amides is 1. The fraction of sp³-hybridized carbons (Fsp3) is 0.308. The van der Waals surface area contributed by atoms with Gasteiger partial charge in [0.25, 0.3) is 5.91 Å². The van der Waals surface area contributed by atoms with E-state index in [9.17, 15) is 4.79 Å². The van der Waals surface area contributed by atoms with E-state index in [1.54, 1.807) is 31.4 Å². The predicted octanol–water partition coefficient (Wildman–Crippen LogP) is 6.49. The molecule has 180 valence electrons.